The van der Waals surface area contributed by atoms with Crippen molar-refractivity contribution in [2.45, 2.75) is 46.5 Å². The van der Waals surface area contributed by atoms with Crippen molar-refractivity contribution in [3.8, 4) is 0 Å². The minimum absolute atomic E-state index is 0.129. The molecule has 0 aromatic heterocycles. The van der Waals surface area contributed by atoms with E-state index in [1.807, 2.05) is 0 Å². The van der Waals surface area contributed by atoms with E-state index in [-0.39, 0.29) is 35.1 Å². The third kappa shape index (κ3) is 1.36. The summed E-state index contributed by atoms with van der Waals surface area (Å²) in [6.45, 7) is 6.82. The van der Waals surface area contributed by atoms with E-state index in [1.165, 1.54) is 0 Å². The molecule has 3 heteroatoms. The summed E-state index contributed by atoms with van der Waals surface area (Å²) in [6, 6.07) is 0. The van der Waals surface area contributed by atoms with Crippen LogP contribution < -0.4 is 0 Å². The first-order chi connectivity index (χ1) is 8.36. The average molecular weight is 248 g/mol. The summed E-state index contributed by atoms with van der Waals surface area (Å²) in [7, 11) is 0. The molecular formula is C15H20O3. The highest BCUT2D eigenvalue weighted by atomic mass is 16.5. The van der Waals surface area contributed by atoms with Crippen LogP contribution in [0.1, 0.15) is 46.5 Å². The third-order valence-corrected chi connectivity index (χ3v) is 5.38. The van der Waals surface area contributed by atoms with E-state index in [0.29, 0.717) is 17.6 Å². The lowest BCUT2D eigenvalue weighted by molar-refractivity contribution is -0.138. The van der Waals surface area contributed by atoms with Gasteiger partial charge in [-0.3, -0.25) is 4.79 Å². The first-order valence-electron chi connectivity index (χ1n) is 6.80. The number of carbonyl (C=O) groups excluding carboxylic acids is 2. The minimum Gasteiger partial charge on any atom is -0.457 e. The quantitative estimate of drug-likeness (QED) is 0.619. The predicted molar refractivity (Wildman–Crippen MR) is 66.8 cm³/mol. The largest absolute Gasteiger partial charge is 0.457 e. The van der Waals surface area contributed by atoms with Crippen molar-refractivity contribution in [3.63, 3.8) is 0 Å². The number of ether oxygens (including phenoxy) is 1. The summed E-state index contributed by atoms with van der Waals surface area (Å²) in [5, 5.41) is 0. The Balaban J connectivity index is 2.15. The van der Waals surface area contributed by atoms with Gasteiger partial charge in [0.1, 0.15) is 6.61 Å². The van der Waals surface area contributed by atoms with Crippen molar-refractivity contribution >= 4 is 11.8 Å². The third-order valence-electron chi connectivity index (χ3n) is 5.38. The molecule has 2 atom stereocenters. The van der Waals surface area contributed by atoms with Gasteiger partial charge in [-0.15, -0.1) is 0 Å². The van der Waals surface area contributed by atoms with Crippen LogP contribution in [-0.2, 0) is 14.3 Å². The van der Waals surface area contributed by atoms with Gasteiger partial charge in [0.05, 0.1) is 5.57 Å². The van der Waals surface area contributed by atoms with Gasteiger partial charge in [0.25, 0.3) is 0 Å². The van der Waals surface area contributed by atoms with Crippen molar-refractivity contribution in [1.82, 2.24) is 0 Å². The fourth-order valence-electron chi connectivity index (χ4n) is 4.43. The minimum atomic E-state index is -0.247. The fourth-order valence-corrected chi connectivity index (χ4v) is 4.43. The van der Waals surface area contributed by atoms with Crippen LogP contribution in [0.5, 0.6) is 0 Å². The Hall–Kier alpha value is -1.12. The van der Waals surface area contributed by atoms with Gasteiger partial charge in [-0.2, -0.15) is 0 Å². The van der Waals surface area contributed by atoms with Crippen LogP contribution in [0.4, 0.5) is 0 Å². The Bertz CT molecular complexity index is 472. The number of rotatable bonds is 0. The van der Waals surface area contributed by atoms with E-state index in [9.17, 15) is 9.59 Å². The van der Waals surface area contributed by atoms with Crippen molar-refractivity contribution in [3.05, 3.63) is 11.1 Å². The molecule has 2 aliphatic carbocycles. The van der Waals surface area contributed by atoms with Crippen LogP contribution in [0.25, 0.3) is 0 Å². The molecule has 0 aromatic rings. The zero-order valence-corrected chi connectivity index (χ0v) is 11.3. The van der Waals surface area contributed by atoms with Crippen molar-refractivity contribution < 1.29 is 14.3 Å². The molecule has 0 aromatic carbocycles. The zero-order valence-electron chi connectivity index (χ0n) is 11.3. The van der Waals surface area contributed by atoms with E-state index >= 15 is 0 Å². The highest BCUT2D eigenvalue weighted by molar-refractivity contribution is 6.09. The van der Waals surface area contributed by atoms with Crippen LogP contribution >= 0.6 is 0 Å². The molecule has 98 valence electrons. The summed E-state index contributed by atoms with van der Waals surface area (Å²) < 4.78 is 5.12. The fraction of sp³-hybridized carbons (Fsp3) is 0.733. The molecule has 3 aliphatic rings. The van der Waals surface area contributed by atoms with E-state index in [4.69, 9.17) is 4.74 Å². The van der Waals surface area contributed by atoms with Crippen LogP contribution in [0, 0.1) is 16.7 Å². The molecule has 0 spiro atoms. The first-order valence-corrected chi connectivity index (χ1v) is 6.80. The van der Waals surface area contributed by atoms with Gasteiger partial charge < -0.3 is 4.74 Å². The molecular weight excluding hydrogens is 228 g/mol. The molecule has 0 saturated heterocycles. The first kappa shape index (κ1) is 11.9. The zero-order chi connectivity index (χ0) is 13.1. The molecule has 18 heavy (non-hydrogen) atoms. The van der Waals surface area contributed by atoms with Crippen LogP contribution in [0.3, 0.4) is 0 Å². The van der Waals surface area contributed by atoms with E-state index in [0.717, 1.165) is 19.3 Å². The maximum Gasteiger partial charge on any atom is 0.335 e. The number of Topliss-reactive ketones (excluding diaryl/α,β-unsaturated/α-hetero) is 1. The van der Waals surface area contributed by atoms with Gasteiger partial charge in [-0.05, 0) is 24.2 Å². The van der Waals surface area contributed by atoms with Crippen molar-refractivity contribution in [1.29, 1.82) is 0 Å². The summed E-state index contributed by atoms with van der Waals surface area (Å²) in [4.78, 5) is 24.2. The molecule has 0 N–H and O–H groups in total. The molecule has 3 nitrogen and oxygen atoms in total. The Morgan fingerprint density at radius 3 is 2.61 bits per heavy atom. The summed E-state index contributed by atoms with van der Waals surface area (Å²) in [5.41, 5.74) is 1.34. The second-order valence-corrected chi connectivity index (χ2v) is 6.87. The Morgan fingerprint density at radius 2 is 1.89 bits per heavy atom. The topological polar surface area (TPSA) is 43.4 Å². The van der Waals surface area contributed by atoms with Gasteiger partial charge in [0, 0.05) is 17.4 Å². The number of cyclic esters (lactones) is 1. The maximum atomic E-state index is 12.2. The van der Waals surface area contributed by atoms with Crippen LogP contribution in [0.15, 0.2) is 11.1 Å². The number of esters is 1. The number of hydrogen-bond donors (Lipinski definition) is 0. The number of carbonyl (C=O) groups is 2. The Labute approximate surface area is 108 Å². The summed E-state index contributed by atoms with van der Waals surface area (Å²) >= 11 is 0. The second kappa shape index (κ2) is 3.46. The van der Waals surface area contributed by atoms with E-state index in [2.05, 4.69) is 20.8 Å². The molecule has 3 rings (SSSR count). The van der Waals surface area contributed by atoms with Gasteiger partial charge in [-0.1, -0.05) is 27.2 Å². The molecule has 0 unspecified atom stereocenters. The summed E-state index contributed by atoms with van der Waals surface area (Å²) in [5.74, 6) is 0.159. The number of fused-ring (bicyclic) bond motifs is 2. The normalized spacial score (nSPS) is 38.3. The summed E-state index contributed by atoms with van der Waals surface area (Å²) in [6.07, 6.45) is 3.84. The average Bonchev–Trinajstić information content (AvgIpc) is 2.66. The van der Waals surface area contributed by atoms with E-state index in [1.54, 1.807) is 0 Å². The standard InChI is InChI=1S/C15H20O3/c1-14(2)5-4-6-15(3)11(14)7-10(16)9-8-18-13(17)12(9)15/h11H,4-8H2,1-3H3/t11-,15+/m0/s1. The SMILES string of the molecule is CC1(C)CCC[C@@]2(C)C3=C(COC3=O)C(=O)C[C@@H]12. The molecule has 1 heterocycles. The van der Waals surface area contributed by atoms with Gasteiger partial charge >= 0.3 is 5.97 Å². The molecule has 1 aliphatic heterocycles. The van der Waals surface area contributed by atoms with Crippen LogP contribution in [-0.4, -0.2) is 18.4 Å². The van der Waals surface area contributed by atoms with Gasteiger partial charge in [0.2, 0.25) is 0 Å². The highest BCUT2D eigenvalue weighted by Gasteiger charge is 2.56. The number of ketones is 1. The van der Waals surface area contributed by atoms with Crippen molar-refractivity contribution in [2.75, 3.05) is 6.61 Å². The molecule has 1 fully saturated rings. The molecule has 0 amide bonds. The lowest BCUT2D eigenvalue weighted by Crippen LogP contribution is -2.48. The lowest BCUT2D eigenvalue weighted by atomic mass is 9.50. The molecule has 0 bridgehead atoms. The maximum absolute atomic E-state index is 12.2. The smallest absolute Gasteiger partial charge is 0.335 e. The Kier molecular flexibility index (Phi) is 2.30. The lowest BCUT2D eigenvalue weighted by Gasteiger charge is -2.52. The van der Waals surface area contributed by atoms with E-state index < -0.39 is 0 Å². The van der Waals surface area contributed by atoms with Gasteiger partial charge in [-0.25, -0.2) is 4.79 Å². The highest BCUT2D eigenvalue weighted by Crippen LogP contribution is 2.59. The van der Waals surface area contributed by atoms with Crippen molar-refractivity contribution in [2.24, 2.45) is 16.7 Å². The Morgan fingerprint density at radius 1 is 1.17 bits per heavy atom. The second-order valence-electron chi connectivity index (χ2n) is 6.87. The van der Waals surface area contributed by atoms with Crippen LogP contribution in [0.2, 0.25) is 0 Å². The van der Waals surface area contributed by atoms with Gasteiger partial charge in [0.15, 0.2) is 5.78 Å². The predicted octanol–water partition coefficient (Wildman–Crippen LogP) is 2.65. The monoisotopic (exact) mass is 248 g/mol. The molecule has 1 saturated carbocycles. The number of hydrogen-bond acceptors (Lipinski definition) is 3. The molecule has 0 radical (unpaired) electrons.